The van der Waals surface area contributed by atoms with Gasteiger partial charge in [-0.15, -0.1) is 0 Å². The molecule has 2 rings (SSSR count). The Morgan fingerprint density at radius 2 is 2.07 bits per heavy atom. The van der Waals surface area contributed by atoms with Crippen LogP contribution in [0.5, 0.6) is 0 Å². The molecule has 1 amide bonds. The third kappa shape index (κ3) is 1.87. The third-order valence-electron chi connectivity index (χ3n) is 2.25. The number of aryl methyl sites for hydroxylation is 1. The molecule has 1 aliphatic heterocycles. The van der Waals surface area contributed by atoms with Gasteiger partial charge in [0, 0.05) is 5.75 Å². The van der Waals surface area contributed by atoms with Gasteiger partial charge in [0.25, 0.3) is 0 Å². The molecule has 2 nitrogen and oxygen atoms in total. The first-order valence-electron chi connectivity index (χ1n) is 4.63. The van der Waals surface area contributed by atoms with Crippen LogP contribution >= 0.6 is 11.8 Å². The Morgan fingerprint density at radius 3 is 2.57 bits per heavy atom. The van der Waals surface area contributed by atoms with Crippen molar-refractivity contribution in [3.8, 4) is 0 Å². The minimum absolute atomic E-state index is 0.0698. The Labute approximate surface area is 87.4 Å². The Bertz CT molecular complexity index is 381. The summed E-state index contributed by atoms with van der Waals surface area (Å²) >= 11 is 1.27. The lowest BCUT2D eigenvalue weighted by atomic mass is 10.1. The molecular formula is C11H11NOS. The van der Waals surface area contributed by atoms with Crippen LogP contribution in [0, 0.1) is 0 Å². The molecule has 0 saturated heterocycles. The molecule has 1 aliphatic rings. The largest absolute Gasteiger partial charge is 0.305 e. The van der Waals surface area contributed by atoms with Crippen molar-refractivity contribution in [3.05, 3.63) is 35.4 Å². The quantitative estimate of drug-likeness (QED) is 0.743. The van der Waals surface area contributed by atoms with Gasteiger partial charge in [0.2, 0.25) is 0 Å². The molecule has 0 aliphatic carbocycles. The number of nitrogens with zero attached hydrogens (tertiary/aromatic N) is 1. The third-order valence-corrected chi connectivity index (χ3v) is 3.01. The number of rotatable bonds is 2. The molecule has 1 aromatic carbocycles. The van der Waals surface area contributed by atoms with Crippen molar-refractivity contribution in [1.82, 2.24) is 0 Å². The average molecular weight is 205 g/mol. The fourth-order valence-electron chi connectivity index (χ4n) is 1.39. The number of hydrogen-bond donors (Lipinski definition) is 0. The van der Waals surface area contributed by atoms with Crippen molar-refractivity contribution in [2.45, 2.75) is 13.3 Å². The van der Waals surface area contributed by atoms with Gasteiger partial charge in [-0.2, -0.15) is 0 Å². The summed E-state index contributed by atoms with van der Waals surface area (Å²) in [5.74, 6) is 0.713. The highest BCUT2D eigenvalue weighted by Crippen LogP contribution is 2.18. The number of benzene rings is 1. The average Bonchev–Trinajstić information content (AvgIpc) is 2.65. The van der Waals surface area contributed by atoms with E-state index < -0.39 is 0 Å². The zero-order chi connectivity index (χ0) is 9.97. The summed E-state index contributed by atoms with van der Waals surface area (Å²) in [6.07, 6.45) is 1.04. The number of carbonyl (C=O) groups excluding carboxylic acids is 1. The van der Waals surface area contributed by atoms with Crippen molar-refractivity contribution >= 4 is 22.7 Å². The lowest BCUT2D eigenvalue weighted by Gasteiger charge is -2.00. The summed E-state index contributed by atoms with van der Waals surface area (Å²) in [6.45, 7) is 2.13. The molecular weight excluding hydrogens is 194 g/mol. The van der Waals surface area contributed by atoms with E-state index in [4.69, 9.17) is 0 Å². The monoisotopic (exact) mass is 205 g/mol. The van der Waals surface area contributed by atoms with Gasteiger partial charge >= 0.3 is 5.24 Å². The van der Waals surface area contributed by atoms with Crippen LogP contribution in [-0.4, -0.2) is 16.7 Å². The summed E-state index contributed by atoms with van der Waals surface area (Å²) in [7, 11) is 0. The van der Waals surface area contributed by atoms with E-state index in [1.165, 1.54) is 17.3 Å². The lowest BCUT2D eigenvalue weighted by molar-refractivity contribution is 0.268. The van der Waals surface area contributed by atoms with Gasteiger partial charge in [0.15, 0.2) is 0 Å². The fraction of sp³-hybridized carbons (Fsp3) is 0.273. The zero-order valence-corrected chi connectivity index (χ0v) is 8.80. The Kier molecular flexibility index (Phi) is 2.68. The van der Waals surface area contributed by atoms with Gasteiger partial charge in [-0.25, -0.2) is 4.99 Å². The molecule has 72 valence electrons. The first-order valence-corrected chi connectivity index (χ1v) is 5.62. The van der Waals surface area contributed by atoms with Crippen molar-refractivity contribution < 1.29 is 4.79 Å². The first kappa shape index (κ1) is 9.46. The Balaban J connectivity index is 2.25. The Hall–Kier alpha value is -1.09. The molecule has 0 aromatic heterocycles. The minimum atomic E-state index is -0.0698. The predicted molar refractivity (Wildman–Crippen MR) is 60.2 cm³/mol. The van der Waals surface area contributed by atoms with Crippen LogP contribution in [0.4, 0.5) is 4.79 Å². The maximum absolute atomic E-state index is 10.9. The summed E-state index contributed by atoms with van der Waals surface area (Å²) in [5.41, 5.74) is 3.29. The molecule has 1 aromatic rings. The predicted octanol–water partition coefficient (Wildman–Crippen LogP) is 2.90. The minimum Gasteiger partial charge on any atom is -0.259 e. The van der Waals surface area contributed by atoms with E-state index in [1.807, 2.05) is 12.1 Å². The topological polar surface area (TPSA) is 29.4 Å². The molecule has 0 unspecified atom stereocenters. The number of hydrogen-bond acceptors (Lipinski definition) is 2. The maximum atomic E-state index is 10.9. The van der Waals surface area contributed by atoms with Gasteiger partial charge < -0.3 is 0 Å². The lowest BCUT2D eigenvalue weighted by Crippen LogP contribution is -1.99. The molecule has 1 heterocycles. The number of amides is 1. The second kappa shape index (κ2) is 3.96. The highest BCUT2D eigenvalue weighted by atomic mass is 32.2. The molecule has 0 atom stereocenters. The van der Waals surface area contributed by atoms with E-state index in [2.05, 4.69) is 24.0 Å². The van der Waals surface area contributed by atoms with E-state index in [9.17, 15) is 4.79 Å². The van der Waals surface area contributed by atoms with Crippen LogP contribution in [0.3, 0.4) is 0 Å². The van der Waals surface area contributed by atoms with Crippen molar-refractivity contribution in [3.63, 3.8) is 0 Å². The van der Waals surface area contributed by atoms with E-state index in [1.54, 1.807) is 0 Å². The Morgan fingerprint density at radius 1 is 1.36 bits per heavy atom. The van der Waals surface area contributed by atoms with Crippen LogP contribution in [0.15, 0.2) is 29.3 Å². The fourth-order valence-corrected chi connectivity index (χ4v) is 2.05. The normalized spacial score (nSPS) is 15.8. The number of thioether (sulfide) groups is 1. The van der Waals surface area contributed by atoms with Crippen LogP contribution in [-0.2, 0) is 6.42 Å². The van der Waals surface area contributed by atoms with Crippen molar-refractivity contribution in [2.24, 2.45) is 4.99 Å². The van der Waals surface area contributed by atoms with Crippen LogP contribution in [0.2, 0.25) is 0 Å². The van der Waals surface area contributed by atoms with Gasteiger partial charge in [-0.1, -0.05) is 43.0 Å². The summed E-state index contributed by atoms with van der Waals surface area (Å²) in [5, 5.41) is -0.0698. The highest BCUT2D eigenvalue weighted by molar-refractivity contribution is 8.14. The van der Waals surface area contributed by atoms with Gasteiger partial charge in [0.1, 0.15) is 0 Å². The summed E-state index contributed by atoms with van der Waals surface area (Å²) < 4.78 is 0. The van der Waals surface area contributed by atoms with Gasteiger partial charge in [-0.05, 0) is 17.5 Å². The van der Waals surface area contributed by atoms with Crippen LogP contribution in [0.1, 0.15) is 18.1 Å². The molecule has 3 heteroatoms. The molecule has 0 spiro atoms. The van der Waals surface area contributed by atoms with Gasteiger partial charge in [-0.3, -0.25) is 4.79 Å². The molecule has 0 fully saturated rings. The smallest absolute Gasteiger partial charge is 0.259 e. The first-order chi connectivity index (χ1) is 6.79. The maximum Gasteiger partial charge on any atom is 0.305 e. The SMILES string of the molecule is CCc1ccc(C2=NC(=O)SC2)cc1. The molecule has 14 heavy (non-hydrogen) atoms. The van der Waals surface area contributed by atoms with E-state index in [-0.39, 0.29) is 5.24 Å². The molecule has 0 radical (unpaired) electrons. The molecule has 0 N–H and O–H groups in total. The van der Waals surface area contributed by atoms with Crippen molar-refractivity contribution in [1.29, 1.82) is 0 Å². The van der Waals surface area contributed by atoms with Crippen LogP contribution < -0.4 is 0 Å². The summed E-state index contributed by atoms with van der Waals surface area (Å²) in [6, 6.07) is 8.25. The number of aliphatic imine (C=N–C) groups is 1. The second-order valence-corrected chi connectivity index (χ2v) is 4.09. The van der Waals surface area contributed by atoms with Crippen LogP contribution in [0.25, 0.3) is 0 Å². The van der Waals surface area contributed by atoms with E-state index in [0.29, 0.717) is 5.75 Å². The van der Waals surface area contributed by atoms with Gasteiger partial charge in [0.05, 0.1) is 5.71 Å². The summed E-state index contributed by atoms with van der Waals surface area (Å²) in [4.78, 5) is 14.9. The molecule has 0 saturated carbocycles. The van der Waals surface area contributed by atoms with E-state index >= 15 is 0 Å². The zero-order valence-electron chi connectivity index (χ0n) is 7.99. The molecule has 0 bridgehead atoms. The standard InChI is InChI=1S/C11H11NOS/c1-2-8-3-5-9(6-4-8)10-7-14-11(13)12-10/h3-6H,2,7H2,1H3. The number of carbonyl (C=O) groups is 1. The van der Waals surface area contributed by atoms with E-state index in [0.717, 1.165) is 17.7 Å². The highest BCUT2D eigenvalue weighted by Gasteiger charge is 2.15. The second-order valence-electron chi connectivity index (χ2n) is 3.16. The van der Waals surface area contributed by atoms with Crippen molar-refractivity contribution in [2.75, 3.05) is 5.75 Å².